The maximum absolute atomic E-state index is 12.8. The predicted molar refractivity (Wildman–Crippen MR) is 96.7 cm³/mol. The lowest BCUT2D eigenvalue weighted by atomic mass is 9.95. The van der Waals surface area contributed by atoms with Gasteiger partial charge in [-0.1, -0.05) is 32.6 Å². The van der Waals surface area contributed by atoms with Crippen molar-refractivity contribution in [3.63, 3.8) is 0 Å². The first-order chi connectivity index (χ1) is 12.2. The zero-order valence-corrected chi connectivity index (χ0v) is 15.3. The highest BCUT2D eigenvalue weighted by atomic mass is 16.2. The first-order valence-electron chi connectivity index (χ1n) is 9.89. The van der Waals surface area contributed by atoms with E-state index in [1.807, 2.05) is 4.57 Å². The number of fused-ring (bicyclic) bond motifs is 1. The van der Waals surface area contributed by atoms with Crippen LogP contribution in [0.15, 0.2) is 0 Å². The van der Waals surface area contributed by atoms with Crippen LogP contribution in [-0.4, -0.2) is 34.0 Å². The van der Waals surface area contributed by atoms with Gasteiger partial charge in [-0.15, -0.1) is 0 Å². The average Bonchev–Trinajstić information content (AvgIpc) is 3.03. The molecule has 3 rings (SSSR count). The van der Waals surface area contributed by atoms with Crippen LogP contribution in [0, 0.1) is 0 Å². The van der Waals surface area contributed by atoms with Gasteiger partial charge in [0, 0.05) is 19.1 Å². The topological polar surface area (TPSA) is 76.0 Å². The first-order valence-corrected chi connectivity index (χ1v) is 9.89. The van der Waals surface area contributed by atoms with Gasteiger partial charge in [0.2, 0.25) is 0 Å². The van der Waals surface area contributed by atoms with Gasteiger partial charge >= 0.3 is 0 Å². The highest BCUT2D eigenvalue weighted by molar-refractivity contribution is 5.97. The molecule has 25 heavy (non-hydrogen) atoms. The van der Waals surface area contributed by atoms with Crippen LogP contribution in [-0.2, 0) is 13.0 Å². The number of hydrogen-bond acceptors (Lipinski definition) is 3. The summed E-state index contributed by atoms with van der Waals surface area (Å²) in [5.74, 6) is 0.137. The van der Waals surface area contributed by atoms with Crippen molar-refractivity contribution in [2.24, 2.45) is 0 Å². The number of carbonyl (C=O) groups excluding carboxylic acids is 2. The van der Waals surface area contributed by atoms with Gasteiger partial charge < -0.3 is 15.2 Å². The number of nitrogens with one attached hydrogen (secondary N) is 2. The summed E-state index contributed by atoms with van der Waals surface area (Å²) >= 11 is 0. The van der Waals surface area contributed by atoms with E-state index in [1.165, 1.54) is 19.3 Å². The van der Waals surface area contributed by atoms with Crippen LogP contribution in [0.1, 0.15) is 91.5 Å². The van der Waals surface area contributed by atoms with E-state index in [9.17, 15) is 9.59 Å². The van der Waals surface area contributed by atoms with Crippen molar-refractivity contribution in [1.29, 1.82) is 0 Å². The minimum Gasteiger partial charge on any atom is -0.349 e. The summed E-state index contributed by atoms with van der Waals surface area (Å²) < 4.78 is 1.96. The third kappa shape index (κ3) is 4.22. The van der Waals surface area contributed by atoms with Gasteiger partial charge in [0.25, 0.3) is 11.8 Å². The third-order valence-corrected chi connectivity index (χ3v) is 5.29. The monoisotopic (exact) mass is 346 g/mol. The van der Waals surface area contributed by atoms with Gasteiger partial charge in [-0.3, -0.25) is 9.59 Å². The Kier molecular flexibility index (Phi) is 6.10. The van der Waals surface area contributed by atoms with E-state index >= 15 is 0 Å². The Bertz CT molecular complexity index is 617. The molecule has 0 saturated heterocycles. The molecule has 1 aromatic heterocycles. The second-order valence-corrected chi connectivity index (χ2v) is 7.26. The Labute approximate surface area is 149 Å². The summed E-state index contributed by atoms with van der Waals surface area (Å²) in [6, 6.07) is 0.254. The normalized spacial score (nSPS) is 17.8. The van der Waals surface area contributed by atoms with Gasteiger partial charge in [-0.2, -0.15) is 0 Å². The molecule has 6 nitrogen and oxygen atoms in total. The standard InChI is InChI=1S/C19H30N4O2/c1-2-3-12-20-19(25)17-22-16(15-11-7-8-13-23(15)17)18(24)21-14-9-5-4-6-10-14/h14H,2-13H2,1H3,(H,20,25)(H,21,24). The quantitative estimate of drug-likeness (QED) is 0.778. The van der Waals surface area contributed by atoms with Crippen molar-refractivity contribution >= 4 is 11.8 Å². The average molecular weight is 346 g/mol. The summed E-state index contributed by atoms with van der Waals surface area (Å²) in [6.07, 6.45) is 10.6. The van der Waals surface area contributed by atoms with Crippen LogP contribution in [0.5, 0.6) is 0 Å². The smallest absolute Gasteiger partial charge is 0.287 e. The lowest BCUT2D eigenvalue weighted by Crippen LogP contribution is -2.37. The van der Waals surface area contributed by atoms with Gasteiger partial charge in [-0.05, 0) is 38.5 Å². The molecule has 1 fully saturated rings. The molecule has 2 amide bonds. The van der Waals surface area contributed by atoms with Crippen LogP contribution >= 0.6 is 0 Å². The molecule has 2 heterocycles. The fourth-order valence-corrected chi connectivity index (χ4v) is 3.86. The highest BCUT2D eigenvalue weighted by Crippen LogP contribution is 2.23. The van der Waals surface area contributed by atoms with Gasteiger partial charge in [0.1, 0.15) is 5.69 Å². The van der Waals surface area contributed by atoms with Crippen LogP contribution in [0.4, 0.5) is 0 Å². The van der Waals surface area contributed by atoms with E-state index in [0.717, 1.165) is 57.2 Å². The maximum atomic E-state index is 12.8. The molecule has 2 N–H and O–H groups in total. The van der Waals surface area contributed by atoms with Crippen LogP contribution in [0.2, 0.25) is 0 Å². The zero-order valence-electron chi connectivity index (χ0n) is 15.3. The number of unbranched alkanes of at least 4 members (excludes halogenated alkanes) is 1. The fraction of sp³-hybridized carbons (Fsp3) is 0.737. The van der Waals surface area contributed by atoms with Crippen molar-refractivity contribution in [2.45, 2.75) is 83.7 Å². The fourth-order valence-electron chi connectivity index (χ4n) is 3.86. The van der Waals surface area contributed by atoms with E-state index in [0.29, 0.717) is 18.1 Å². The molecule has 6 heteroatoms. The number of rotatable bonds is 6. The molecule has 0 atom stereocenters. The largest absolute Gasteiger partial charge is 0.349 e. The van der Waals surface area contributed by atoms with Crippen LogP contribution in [0.25, 0.3) is 0 Å². The molecule has 0 unspecified atom stereocenters. The van der Waals surface area contributed by atoms with Gasteiger partial charge in [-0.25, -0.2) is 4.98 Å². The van der Waals surface area contributed by atoms with Gasteiger partial charge in [0.15, 0.2) is 5.82 Å². The Morgan fingerprint density at radius 2 is 1.92 bits per heavy atom. The van der Waals surface area contributed by atoms with Crippen molar-refractivity contribution in [1.82, 2.24) is 20.2 Å². The highest BCUT2D eigenvalue weighted by Gasteiger charge is 2.28. The molecule has 1 aliphatic heterocycles. The number of amides is 2. The number of hydrogen-bond donors (Lipinski definition) is 2. The molecular weight excluding hydrogens is 316 g/mol. The van der Waals surface area contributed by atoms with Gasteiger partial charge in [0.05, 0.1) is 5.69 Å². The number of carbonyl (C=O) groups is 2. The molecule has 1 aliphatic carbocycles. The lowest BCUT2D eigenvalue weighted by molar-refractivity contribution is 0.0921. The van der Waals surface area contributed by atoms with Crippen molar-refractivity contribution in [2.75, 3.05) is 6.54 Å². The minimum atomic E-state index is -0.159. The molecule has 0 radical (unpaired) electrons. The summed E-state index contributed by atoms with van der Waals surface area (Å²) in [5, 5.41) is 6.07. The van der Waals surface area contributed by atoms with Crippen LogP contribution < -0.4 is 10.6 Å². The SMILES string of the molecule is CCCCNC(=O)c1nc(C(=O)NC2CCCCC2)c2n1CCCC2. The molecule has 0 aromatic carbocycles. The minimum absolute atomic E-state index is 0.106. The lowest BCUT2D eigenvalue weighted by Gasteiger charge is -2.23. The Balaban J connectivity index is 1.76. The van der Waals surface area contributed by atoms with Crippen molar-refractivity contribution in [3.8, 4) is 0 Å². The molecule has 0 bridgehead atoms. The number of nitrogens with zero attached hydrogens (tertiary/aromatic N) is 2. The first kappa shape index (κ1) is 18.0. The number of imidazole rings is 1. The summed E-state index contributed by atoms with van der Waals surface area (Å²) in [6.45, 7) is 3.52. The molecule has 0 spiro atoms. The maximum Gasteiger partial charge on any atom is 0.287 e. The van der Waals surface area contributed by atoms with E-state index in [1.54, 1.807) is 0 Å². The summed E-state index contributed by atoms with van der Waals surface area (Å²) in [7, 11) is 0. The third-order valence-electron chi connectivity index (χ3n) is 5.29. The van der Waals surface area contributed by atoms with E-state index in [-0.39, 0.29) is 17.9 Å². The molecule has 138 valence electrons. The van der Waals surface area contributed by atoms with E-state index in [2.05, 4.69) is 22.5 Å². The summed E-state index contributed by atoms with van der Waals surface area (Å²) in [4.78, 5) is 29.7. The van der Waals surface area contributed by atoms with Crippen molar-refractivity contribution < 1.29 is 9.59 Å². The second kappa shape index (κ2) is 8.50. The molecule has 1 aromatic rings. The Hall–Kier alpha value is -1.85. The molecular formula is C19H30N4O2. The Morgan fingerprint density at radius 3 is 2.68 bits per heavy atom. The zero-order chi connectivity index (χ0) is 17.6. The predicted octanol–water partition coefficient (Wildman–Crippen LogP) is 2.81. The molecule has 1 saturated carbocycles. The Morgan fingerprint density at radius 1 is 1.12 bits per heavy atom. The number of aromatic nitrogens is 2. The van der Waals surface area contributed by atoms with E-state index in [4.69, 9.17) is 0 Å². The van der Waals surface area contributed by atoms with Crippen LogP contribution in [0.3, 0.4) is 0 Å². The molecule has 2 aliphatic rings. The van der Waals surface area contributed by atoms with E-state index < -0.39 is 0 Å². The second-order valence-electron chi connectivity index (χ2n) is 7.26. The summed E-state index contributed by atoms with van der Waals surface area (Å²) in [5.41, 5.74) is 1.39. The van der Waals surface area contributed by atoms with Crippen molar-refractivity contribution in [3.05, 3.63) is 17.2 Å².